The number of amides is 2. The summed E-state index contributed by atoms with van der Waals surface area (Å²) < 4.78 is 13.8. The van der Waals surface area contributed by atoms with Gasteiger partial charge in [-0.1, -0.05) is 0 Å². The maximum atomic E-state index is 13.8. The molecule has 12 heteroatoms. The predicted molar refractivity (Wildman–Crippen MR) is 125 cm³/mol. The van der Waals surface area contributed by atoms with Crippen LogP contribution in [0.15, 0.2) is 0 Å². The molecule has 5 aliphatic rings. The van der Waals surface area contributed by atoms with Crippen molar-refractivity contribution in [3.05, 3.63) is 0 Å². The van der Waals surface area contributed by atoms with Gasteiger partial charge in [-0.25, -0.2) is 14.8 Å². The van der Waals surface area contributed by atoms with Crippen molar-refractivity contribution in [1.82, 2.24) is 41.1 Å². The van der Waals surface area contributed by atoms with Crippen LogP contribution in [0.1, 0.15) is 19.3 Å². The van der Waals surface area contributed by atoms with Crippen LogP contribution in [0.3, 0.4) is 0 Å². The van der Waals surface area contributed by atoms with Gasteiger partial charge in [0.25, 0.3) is 0 Å². The van der Waals surface area contributed by atoms with Crippen molar-refractivity contribution < 1.29 is 14.0 Å². The number of nitrogens with two attached hydrogens (primary N) is 1. The Morgan fingerprint density at radius 2 is 1.88 bits per heavy atom. The maximum Gasteiger partial charge on any atom is 0.240 e. The van der Waals surface area contributed by atoms with Gasteiger partial charge in [0.2, 0.25) is 11.8 Å². The van der Waals surface area contributed by atoms with Gasteiger partial charge in [-0.2, -0.15) is 0 Å². The van der Waals surface area contributed by atoms with Gasteiger partial charge in [0.1, 0.15) is 6.17 Å². The molecule has 0 aromatic carbocycles. The van der Waals surface area contributed by atoms with Crippen LogP contribution < -0.4 is 27.1 Å². The molecular formula is C22H40FN9O2. The molecule has 0 spiro atoms. The van der Waals surface area contributed by atoms with Crippen molar-refractivity contribution in [3.8, 4) is 0 Å². The largest absolute Gasteiger partial charge is 0.350 e. The van der Waals surface area contributed by atoms with Crippen LogP contribution in [0.5, 0.6) is 0 Å². The molecule has 0 radical (unpaired) electrons. The van der Waals surface area contributed by atoms with Gasteiger partial charge in [-0.3, -0.25) is 24.7 Å². The number of fused-ring (bicyclic) bond motifs is 1. The smallest absolute Gasteiger partial charge is 0.240 e. The highest BCUT2D eigenvalue weighted by Crippen LogP contribution is 2.24. The number of piperazine rings is 1. The van der Waals surface area contributed by atoms with Gasteiger partial charge in [0, 0.05) is 51.9 Å². The summed E-state index contributed by atoms with van der Waals surface area (Å²) in [6, 6.07) is 0.207. The molecule has 6 unspecified atom stereocenters. The molecule has 0 aliphatic carbocycles. The fourth-order valence-corrected chi connectivity index (χ4v) is 6.39. The lowest BCUT2D eigenvalue weighted by atomic mass is 9.95. The summed E-state index contributed by atoms with van der Waals surface area (Å²) >= 11 is 0. The number of nitrogens with one attached hydrogen (secondary N) is 4. The number of hydrogen-bond acceptors (Lipinski definition) is 9. The quantitative estimate of drug-likeness (QED) is 0.287. The van der Waals surface area contributed by atoms with Crippen LogP contribution in [0.4, 0.5) is 4.39 Å². The Balaban J connectivity index is 1.17. The molecule has 11 nitrogen and oxygen atoms in total. The van der Waals surface area contributed by atoms with Crippen LogP contribution in [0.2, 0.25) is 0 Å². The summed E-state index contributed by atoms with van der Waals surface area (Å²) in [7, 11) is 2.04. The van der Waals surface area contributed by atoms with Crippen LogP contribution in [-0.2, 0) is 9.59 Å². The van der Waals surface area contributed by atoms with Gasteiger partial charge < -0.3 is 21.3 Å². The number of carbonyl (C=O) groups is 2. The zero-order chi connectivity index (χ0) is 23.8. The van der Waals surface area contributed by atoms with Crippen molar-refractivity contribution in [3.63, 3.8) is 0 Å². The predicted octanol–water partition coefficient (Wildman–Crippen LogP) is -2.94. The minimum atomic E-state index is -0.982. The summed E-state index contributed by atoms with van der Waals surface area (Å²) in [4.78, 5) is 32.9. The van der Waals surface area contributed by atoms with E-state index in [4.69, 9.17) is 5.73 Å². The molecule has 5 saturated heterocycles. The Kier molecular flexibility index (Phi) is 7.35. The minimum absolute atomic E-state index is 0.0299. The van der Waals surface area contributed by atoms with E-state index >= 15 is 0 Å². The Bertz CT molecular complexity index is 752. The van der Waals surface area contributed by atoms with E-state index in [-0.39, 0.29) is 49.2 Å². The molecule has 6 N–H and O–H groups in total. The molecule has 0 saturated carbocycles. The summed E-state index contributed by atoms with van der Waals surface area (Å²) in [5, 5.41) is 11.5. The van der Waals surface area contributed by atoms with E-state index in [2.05, 4.69) is 31.2 Å². The third-order valence-corrected chi connectivity index (χ3v) is 8.30. The SMILES string of the molecule is CN1CCC[C@@H]1C(=O)N1CCN(C2CCNCC2NC(=O)C2C(N)NN3CC(F)CNC23)CC1. The monoisotopic (exact) mass is 481 g/mol. The Hall–Kier alpha value is -1.41. The topological polar surface area (TPSA) is 121 Å². The first kappa shape index (κ1) is 24.3. The van der Waals surface area contributed by atoms with Crippen LogP contribution >= 0.6 is 0 Å². The van der Waals surface area contributed by atoms with Gasteiger partial charge in [0.05, 0.1) is 30.3 Å². The third kappa shape index (κ3) is 4.81. The second-order valence-corrected chi connectivity index (χ2v) is 10.5. The van der Waals surface area contributed by atoms with Crippen LogP contribution in [0.25, 0.3) is 0 Å². The number of likely N-dealkylation sites (N-methyl/N-ethyl adjacent to an activating group) is 1. The lowest BCUT2D eigenvalue weighted by Gasteiger charge is -2.45. The zero-order valence-corrected chi connectivity index (χ0v) is 20.1. The first-order valence-electron chi connectivity index (χ1n) is 12.8. The van der Waals surface area contributed by atoms with E-state index in [9.17, 15) is 14.0 Å². The lowest BCUT2D eigenvalue weighted by molar-refractivity contribution is -0.137. The molecule has 0 aromatic rings. The van der Waals surface area contributed by atoms with E-state index in [0.29, 0.717) is 6.54 Å². The highest BCUT2D eigenvalue weighted by molar-refractivity contribution is 5.82. The molecule has 5 heterocycles. The van der Waals surface area contributed by atoms with Crippen molar-refractivity contribution in [2.45, 2.75) is 55.9 Å². The number of nitrogens with zero attached hydrogens (tertiary/aromatic N) is 4. The fourth-order valence-electron chi connectivity index (χ4n) is 6.39. The molecule has 5 fully saturated rings. The molecule has 5 aliphatic heterocycles. The lowest BCUT2D eigenvalue weighted by Crippen LogP contribution is -2.65. The Labute approximate surface area is 200 Å². The number of halogens is 1. The standard InChI is InChI=1S/C22H40FN9O2/c1-29-6-2-3-17(29)22(34)31-9-7-30(8-10-31)16-4-5-25-12-15(16)27-21(33)18-19(24)28-32-13-14(23)11-26-20(18)32/h14-20,25-26,28H,2-13,24H2,1H3,(H,27,33)/t14?,15?,16?,17-,18?,19?,20?/m1/s1. The molecule has 2 amide bonds. The van der Waals surface area contributed by atoms with Gasteiger partial charge in [-0.05, 0) is 39.4 Å². The molecule has 7 atom stereocenters. The number of hydrogen-bond donors (Lipinski definition) is 5. The van der Waals surface area contributed by atoms with Gasteiger partial charge in [-0.15, -0.1) is 0 Å². The first-order valence-corrected chi connectivity index (χ1v) is 12.8. The Morgan fingerprint density at radius 1 is 1.09 bits per heavy atom. The molecule has 0 bridgehead atoms. The fraction of sp³-hybridized carbons (Fsp3) is 0.909. The summed E-state index contributed by atoms with van der Waals surface area (Å²) in [5.74, 6) is -0.334. The minimum Gasteiger partial charge on any atom is -0.350 e. The van der Waals surface area contributed by atoms with Crippen molar-refractivity contribution in [2.24, 2.45) is 11.7 Å². The Morgan fingerprint density at radius 3 is 2.62 bits per heavy atom. The van der Waals surface area contributed by atoms with Crippen LogP contribution in [-0.4, -0.2) is 134 Å². The highest BCUT2D eigenvalue weighted by atomic mass is 19.1. The zero-order valence-electron chi connectivity index (χ0n) is 20.1. The average molecular weight is 482 g/mol. The van der Waals surface area contributed by atoms with E-state index in [1.165, 1.54) is 0 Å². The third-order valence-electron chi connectivity index (χ3n) is 8.30. The summed E-state index contributed by atoms with van der Waals surface area (Å²) in [5.41, 5.74) is 9.28. The number of rotatable bonds is 4. The van der Waals surface area contributed by atoms with E-state index in [0.717, 1.165) is 58.5 Å². The molecule has 5 rings (SSSR count). The number of hydrazine groups is 1. The van der Waals surface area contributed by atoms with Crippen molar-refractivity contribution in [2.75, 3.05) is 66.0 Å². The molecule has 0 aromatic heterocycles. The van der Waals surface area contributed by atoms with Gasteiger partial charge >= 0.3 is 0 Å². The first-order chi connectivity index (χ1) is 16.4. The second kappa shape index (κ2) is 10.3. The van der Waals surface area contributed by atoms with E-state index < -0.39 is 18.3 Å². The van der Waals surface area contributed by atoms with Crippen molar-refractivity contribution >= 4 is 11.8 Å². The van der Waals surface area contributed by atoms with Crippen molar-refractivity contribution in [1.29, 1.82) is 0 Å². The highest BCUT2D eigenvalue weighted by Gasteiger charge is 2.48. The van der Waals surface area contributed by atoms with E-state index in [1.807, 2.05) is 11.9 Å². The number of carbonyl (C=O) groups excluding carboxylic acids is 2. The summed E-state index contributed by atoms with van der Waals surface area (Å²) in [6.45, 7) is 6.16. The number of piperidine rings is 1. The molecule has 192 valence electrons. The molecular weight excluding hydrogens is 441 g/mol. The number of likely N-dealkylation sites (tertiary alicyclic amines) is 1. The number of alkyl halides is 1. The average Bonchev–Trinajstić information content (AvgIpc) is 3.40. The summed E-state index contributed by atoms with van der Waals surface area (Å²) in [6.07, 6.45) is 1.14. The van der Waals surface area contributed by atoms with Crippen LogP contribution in [0, 0.1) is 5.92 Å². The molecule has 34 heavy (non-hydrogen) atoms. The second-order valence-electron chi connectivity index (χ2n) is 10.5. The van der Waals surface area contributed by atoms with E-state index in [1.54, 1.807) is 5.01 Å². The normalized spacial score (nSPS) is 40.3. The van der Waals surface area contributed by atoms with Gasteiger partial charge in [0.15, 0.2) is 0 Å². The maximum absolute atomic E-state index is 13.8.